The summed E-state index contributed by atoms with van der Waals surface area (Å²) in [4.78, 5) is 0. The van der Waals surface area contributed by atoms with Gasteiger partial charge in [0.25, 0.3) is 0 Å². The Labute approximate surface area is 129 Å². The number of ether oxygens (including phenoxy) is 2. The molecule has 132 valence electrons. The van der Waals surface area contributed by atoms with Crippen molar-refractivity contribution in [3.8, 4) is 0 Å². The van der Waals surface area contributed by atoms with Crippen LogP contribution < -0.4 is 0 Å². The van der Waals surface area contributed by atoms with Crippen LogP contribution in [0.1, 0.15) is 0 Å². The molecule has 0 unspecified atom stereocenters. The second kappa shape index (κ2) is 8.55. The first-order valence-corrected chi connectivity index (χ1v) is 8.33. The van der Waals surface area contributed by atoms with Crippen LogP contribution in [0, 0.1) is 0 Å². The monoisotopic (exact) mass is 351 g/mol. The van der Waals surface area contributed by atoms with Crippen LogP contribution in [-0.4, -0.2) is 86.9 Å². The lowest BCUT2D eigenvalue weighted by molar-refractivity contribution is 0.0519. The van der Waals surface area contributed by atoms with Gasteiger partial charge in [-0.1, -0.05) is 12.9 Å². The van der Waals surface area contributed by atoms with E-state index < -0.39 is 17.7 Å². The highest BCUT2D eigenvalue weighted by Gasteiger charge is 2.48. The van der Waals surface area contributed by atoms with Crippen LogP contribution in [0.4, 0.5) is 17.3 Å². The van der Waals surface area contributed by atoms with E-state index in [9.17, 15) is 21.5 Å². The Morgan fingerprint density at radius 2 is 1.14 bits per heavy atom. The summed E-state index contributed by atoms with van der Waals surface area (Å²) < 4.78 is 68.9. The van der Waals surface area contributed by atoms with Crippen molar-refractivity contribution in [1.82, 2.24) is 12.9 Å². The maximum atomic E-state index is 13.3. The number of rotatable bonds is 3. The molecule has 0 aliphatic carbocycles. The summed E-state index contributed by atoms with van der Waals surface area (Å²) >= 11 is 0. The SMILES string of the molecule is CN(C)[S+](=O)(N1CCOCC1)N1CCOCC1.F[B-](F)(F)F. The minimum absolute atomic E-state index is 0.662. The zero-order valence-corrected chi connectivity index (χ0v) is 13.5. The highest BCUT2D eigenvalue weighted by molar-refractivity contribution is 7.96. The molecule has 0 atom stereocenters. The highest BCUT2D eigenvalue weighted by Crippen LogP contribution is 2.23. The molecule has 0 amide bonds. The molecule has 12 heteroatoms. The molecule has 0 saturated carbocycles. The second-order valence-electron chi connectivity index (χ2n) is 4.86. The molecule has 2 saturated heterocycles. The van der Waals surface area contributed by atoms with Crippen LogP contribution >= 0.6 is 0 Å². The van der Waals surface area contributed by atoms with Crippen LogP contribution in [0.3, 0.4) is 0 Å². The molecule has 2 rings (SSSR count). The van der Waals surface area contributed by atoms with Gasteiger partial charge in [-0.15, -0.1) is 0 Å². The topological polar surface area (TPSA) is 45.2 Å². The predicted octanol–water partition coefficient (Wildman–Crippen LogP) is 0.757. The molecule has 0 spiro atoms. The quantitative estimate of drug-likeness (QED) is 0.429. The summed E-state index contributed by atoms with van der Waals surface area (Å²) in [5, 5.41) is 0. The first kappa shape index (κ1) is 19.8. The van der Waals surface area contributed by atoms with Crippen LogP contribution in [-0.2, 0) is 24.2 Å². The van der Waals surface area contributed by atoms with E-state index in [2.05, 4.69) is 0 Å². The van der Waals surface area contributed by atoms with Gasteiger partial charge in [0.2, 0.25) is 0 Å². The second-order valence-corrected chi connectivity index (χ2v) is 7.56. The molecule has 2 aliphatic rings. The van der Waals surface area contributed by atoms with Crippen LogP contribution in [0.25, 0.3) is 0 Å². The fourth-order valence-corrected chi connectivity index (χ4v) is 4.69. The molecule has 2 aliphatic heterocycles. The average molecular weight is 351 g/mol. The lowest BCUT2D eigenvalue weighted by Crippen LogP contribution is -2.60. The van der Waals surface area contributed by atoms with E-state index in [0.29, 0.717) is 26.4 Å². The molecule has 2 fully saturated rings. The Hall–Kier alpha value is -0.265. The number of morpholine rings is 2. The van der Waals surface area contributed by atoms with Gasteiger partial charge in [-0.05, 0) is 4.21 Å². The Balaban J connectivity index is 0.000000422. The van der Waals surface area contributed by atoms with E-state index in [0.717, 1.165) is 26.2 Å². The van der Waals surface area contributed by atoms with Crippen molar-refractivity contribution in [2.45, 2.75) is 0 Å². The van der Waals surface area contributed by atoms with Crippen molar-refractivity contribution in [2.24, 2.45) is 0 Å². The molecule has 0 aromatic heterocycles. The predicted molar refractivity (Wildman–Crippen MR) is 76.7 cm³/mol. The summed E-state index contributed by atoms with van der Waals surface area (Å²) in [5.41, 5.74) is 0. The van der Waals surface area contributed by atoms with Crippen molar-refractivity contribution < 1.29 is 30.9 Å². The minimum Gasteiger partial charge on any atom is -0.418 e. The number of hydrogen-bond donors (Lipinski definition) is 0. The Morgan fingerprint density at radius 3 is 1.36 bits per heavy atom. The summed E-state index contributed by atoms with van der Waals surface area (Å²) in [6.45, 7) is 5.57. The summed E-state index contributed by atoms with van der Waals surface area (Å²) in [6, 6.07) is 0. The van der Waals surface area contributed by atoms with Gasteiger partial charge in [0.05, 0.1) is 52.6 Å². The van der Waals surface area contributed by atoms with Crippen molar-refractivity contribution in [3.63, 3.8) is 0 Å². The highest BCUT2D eigenvalue weighted by atomic mass is 32.3. The normalized spacial score (nSPS) is 22.3. The molecule has 6 nitrogen and oxygen atoms in total. The number of halogens is 4. The largest absolute Gasteiger partial charge is 0.673 e. The molecule has 0 aromatic rings. The van der Waals surface area contributed by atoms with Crippen molar-refractivity contribution in [1.29, 1.82) is 0 Å². The fourth-order valence-electron chi connectivity index (χ4n) is 2.19. The average Bonchev–Trinajstić information content (AvgIpc) is 2.46. The summed E-state index contributed by atoms with van der Waals surface area (Å²) in [6.07, 6.45) is 0. The smallest absolute Gasteiger partial charge is 0.418 e. The van der Waals surface area contributed by atoms with E-state index in [4.69, 9.17) is 9.47 Å². The molecule has 2 heterocycles. The van der Waals surface area contributed by atoms with E-state index in [1.165, 1.54) is 0 Å². The molecule has 0 bridgehead atoms. The maximum Gasteiger partial charge on any atom is 0.673 e. The Bertz CT molecular complexity index is 349. The van der Waals surface area contributed by atoms with Gasteiger partial charge in [0, 0.05) is 14.1 Å². The molecule has 0 aromatic carbocycles. The van der Waals surface area contributed by atoms with Gasteiger partial charge in [-0.25, -0.2) is 0 Å². The molecule has 0 radical (unpaired) electrons. The van der Waals surface area contributed by atoms with Crippen molar-refractivity contribution >= 4 is 17.7 Å². The van der Waals surface area contributed by atoms with E-state index in [-0.39, 0.29) is 0 Å². The third-order valence-corrected chi connectivity index (χ3v) is 6.12. The van der Waals surface area contributed by atoms with Crippen LogP contribution in [0.15, 0.2) is 0 Å². The van der Waals surface area contributed by atoms with Gasteiger partial charge in [0.1, 0.15) is 0 Å². The summed E-state index contributed by atoms with van der Waals surface area (Å²) in [7, 11) is -4.50. The van der Waals surface area contributed by atoms with E-state index in [1.54, 1.807) is 0 Å². The van der Waals surface area contributed by atoms with Gasteiger partial charge in [0.15, 0.2) is 0 Å². The van der Waals surface area contributed by atoms with Gasteiger partial charge >= 0.3 is 17.7 Å². The lowest BCUT2D eigenvalue weighted by atomic mass is 10.3. The third kappa shape index (κ3) is 6.09. The lowest BCUT2D eigenvalue weighted by Gasteiger charge is -2.37. The minimum atomic E-state index is -6.00. The summed E-state index contributed by atoms with van der Waals surface area (Å²) in [5.74, 6) is 0. The Kier molecular flexibility index (Phi) is 7.69. The first-order valence-electron chi connectivity index (χ1n) is 6.90. The van der Waals surface area contributed by atoms with Crippen LogP contribution in [0.2, 0.25) is 0 Å². The Morgan fingerprint density at radius 1 is 0.864 bits per heavy atom. The fraction of sp³-hybridized carbons (Fsp3) is 1.00. The van der Waals surface area contributed by atoms with Gasteiger partial charge in [-0.3, -0.25) is 0 Å². The third-order valence-electron chi connectivity index (χ3n) is 3.09. The van der Waals surface area contributed by atoms with Gasteiger partial charge < -0.3 is 26.7 Å². The number of nitrogens with zero attached hydrogens (tertiary/aromatic N) is 3. The van der Waals surface area contributed by atoms with Gasteiger partial charge in [-0.2, -0.15) is 0 Å². The zero-order chi connectivity index (χ0) is 16.8. The molecule has 22 heavy (non-hydrogen) atoms. The van der Waals surface area contributed by atoms with Crippen LogP contribution in [0.5, 0.6) is 0 Å². The maximum absolute atomic E-state index is 13.3. The van der Waals surface area contributed by atoms with Crippen molar-refractivity contribution in [2.75, 3.05) is 66.7 Å². The number of hydrogen-bond acceptors (Lipinski definition) is 3. The standard InChI is InChI=1S/C10H22N3O3S.BF4/c1-11(2)17(14,12-3-7-15-8-4-12)13-5-9-16-10-6-13;2-1(3,4)5/h3-10H2,1-2H3;/q+1;-1. The zero-order valence-electron chi connectivity index (χ0n) is 12.7. The first-order chi connectivity index (χ1) is 10.2. The van der Waals surface area contributed by atoms with E-state index >= 15 is 0 Å². The molecular weight excluding hydrogens is 329 g/mol. The molecule has 0 N–H and O–H groups in total. The van der Waals surface area contributed by atoms with Crippen molar-refractivity contribution in [3.05, 3.63) is 0 Å². The molecular formula is C10H22BF4N3O3S. The van der Waals surface area contributed by atoms with E-state index in [1.807, 2.05) is 27.0 Å².